The second-order valence-corrected chi connectivity index (χ2v) is 10.6. The second kappa shape index (κ2) is 9.66. The molecule has 0 aliphatic heterocycles. The summed E-state index contributed by atoms with van der Waals surface area (Å²) in [6, 6.07) is 59.3. The lowest BCUT2D eigenvalue weighted by atomic mass is 9.94. The Bertz CT molecular complexity index is 2210. The fourth-order valence-electron chi connectivity index (χ4n) is 6.30. The molecule has 0 saturated carbocycles. The molecular formula is C40H27N. The topological polar surface area (TPSA) is 3.24 Å². The fourth-order valence-corrected chi connectivity index (χ4v) is 6.30. The Morgan fingerprint density at radius 1 is 0.341 bits per heavy atom. The molecule has 0 heterocycles. The maximum Gasteiger partial charge on any atom is 0.0546 e. The van der Waals surface area contributed by atoms with Crippen LogP contribution in [0.25, 0.3) is 54.2 Å². The van der Waals surface area contributed by atoms with E-state index in [-0.39, 0.29) is 0 Å². The van der Waals surface area contributed by atoms with Gasteiger partial charge in [-0.15, -0.1) is 0 Å². The Hall–Kier alpha value is -5.40. The molecule has 41 heavy (non-hydrogen) atoms. The zero-order valence-electron chi connectivity index (χ0n) is 22.5. The van der Waals surface area contributed by atoms with Crippen LogP contribution in [0.3, 0.4) is 0 Å². The van der Waals surface area contributed by atoms with Gasteiger partial charge in [0, 0.05) is 16.6 Å². The molecule has 1 nitrogen and oxygen atoms in total. The molecule has 0 aromatic heterocycles. The van der Waals surface area contributed by atoms with Crippen molar-refractivity contribution in [2.75, 3.05) is 4.90 Å². The standard InChI is InChI=1S/C40H27N/c1-2-13-29(14-3-1)34-17-10-11-21-38(34)41(33-25-24-28-12-4-5-16-31(28)26-33)39-27-32-23-22-30-15-6-7-18-35(30)40(32)37-20-9-8-19-36(37)39/h1-27H. The second-order valence-electron chi connectivity index (χ2n) is 10.6. The van der Waals surface area contributed by atoms with E-state index in [1.165, 1.54) is 59.9 Å². The van der Waals surface area contributed by atoms with E-state index in [1.807, 2.05) is 0 Å². The van der Waals surface area contributed by atoms with Gasteiger partial charge in [0.25, 0.3) is 0 Å². The molecule has 0 radical (unpaired) electrons. The molecule has 0 N–H and O–H groups in total. The van der Waals surface area contributed by atoms with Gasteiger partial charge in [-0.2, -0.15) is 0 Å². The first-order chi connectivity index (χ1) is 20.3. The summed E-state index contributed by atoms with van der Waals surface area (Å²) in [4.78, 5) is 2.45. The van der Waals surface area contributed by atoms with Crippen LogP contribution in [0.5, 0.6) is 0 Å². The molecule has 0 amide bonds. The van der Waals surface area contributed by atoms with Crippen molar-refractivity contribution >= 4 is 60.2 Å². The zero-order chi connectivity index (χ0) is 27.2. The quantitative estimate of drug-likeness (QED) is 0.208. The number of benzene rings is 8. The van der Waals surface area contributed by atoms with Crippen molar-refractivity contribution in [3.63, 3.8) is 0 Å². The normalized spacial score (nSPS) is 11.4. The third kappa shape index (κ3) is 3.94. The number of para-hydroxylation sites is 1. The molecular weight excluding hydrogens is 494 g/mol. The first kappa shape index (κ1) is 23.5. The third-order valence-corrected chi connectivity index (χ3v) is 8.19. The highest BCUT2D eigenvalue weighted by atomic mass is 15.1. The smallest absolute Gasteiger partial charge is 0.0546 e. The van der Waals surface area contributed by atoms with Crippen LogP contribution in [-0.2, 0) is 0 Å². The Labute approximate surface area is 239 Å². The maximum absolute atomic E-state index is 2.45. The van der Waals surface area contributed by atoms with Crippen molar-refractivity contribution in [1.29, 1.82) is 0 Å². The molecule has 0 aliphatic carbocycles. The molecule has 0 fully saturated rings. The van der Waals surface area contributed by atoms with Gasteiger partial charge in [-0.1, -0.05) is 140 Å². The van der Waals surface area contributed by atoms with Gasteiger partial charge in [0.2, 0.25) is 0 Å². The molecule has 8 rings (SSSR count). The number of anilines is 3. The van der Waals surface area contributed by atoms with Gasteiger partial charge < -0.3 is 4.90 Å². The fraction of sp³-hybridized carbons (Fsp3) is 0. The van der Waals surface area contributed by atoms with Gasteiger partial charge >= 0.3 is 0 Å². The Morgan fingerprint density at radius 3 is 1.80 bits per heavy atom. The van der Waals surface area contributed by atoms with E-state index in [1.54, 1.807) is 0 Å². The number of hydrogen-bond acceptors (Lipinski definition) is 1. The first-order valence-electron chi connectivity index (χ1n) is 14.1. The largest absolute Gasteiger partial charge is 0.309 e. The third-order valence-electron chi connectivity index (χ3n) is 8.19. The maximum atomic E-state index is 2.45. The van der Waals surface area contributed by atoms with Crippen LogP contribution < -0.4 is 4.90 Å². The van der Waals surface area contributed by atoms with Crippen LogP contribution in [0.1, 0.15) is 0 Å². The summed E-state index contributed by atoms with van der Waals surface area (Å²) in [5.74, 6) is 0. The highest BCUT2D eigenvalue weighted by molar-refractivity contribution is 6.23. The molecule has 0 atom stereocenters. The lowest BCUT2D eigenvalue weighted by molar-refractivity contribution is 1.31. The van der Waals surface area contributed by atoms with Crippen molar-refractivity contribution in [1.82, 2.24) is 0 Å². The van der Waals surface area contributed by atoms with Gasteiger partial charge in [-0.05, 0) is 67.5 Å². The van der Waals surface area contributed by atoms with Crippen LogP contribution >= 0.6 is 0 Å². The zero-order valence-corrected chi connectivity index (χ0v) is 22.5. The Morgan fingerprint density at radius 2 is 0.951 bits per heavy atom. The molecule has 8 aromatic rings. The monoisotopic (exact) mass is 521 g/mol. The number of rotatable bonds is 4. The van der Waals surface area contributed by atoms with Crippen LogP contribution in [0.2, 0.25) is 0 Å². The van der Waals surface area contributed by atoms with Gasteiger partial charge in [0.15, 0.2) is 0 Å². The van der Waals surface area contributed by atoms with E-state index in [4.69, 9.17) is 0 Å². The van der Waals surface area contributed by atoms with Gasteiger partial charge in [0.05, 0.1) is 11.4 Å². The summed E-state index contributed by atoms with van der Waals surface area (Å²) in [5.41, 5.74) is 5.85. The molecule has 0 saturated heterocycles. The Balaban J connectivity index is 1.49. The Kier molecular flexibility index (Phi) is 5.53. The predicted molar refractivity (Wildman–Crippen MR) is 177 cm³/mol. The lowest BCUT2D eigenvalue weighted by Gasteiger charge is -2.30. The number of fused-ring (bicyclic) bond motifs is 6. The minimum absolute atomic E-state index is 1.14. The van der Waals surface area contributed by atoms with Gasteiger partial charge in [0.1, 0.15) is 0 Å². The molecule has 0 unspecified atom stereocenters. The van der Waals surface area contributed by atoms with E-state index in [9.17, 15) is 0 Å². The average Bonchev–Trinajstić information content (AvgIpc) is 3.05. The summed E-state index contributed by atoms with van der Waals surface area (Å²) in [6.45, 7) is 0. The minimum atomic E-state index is 1.14. The van der Waals surface area contributed by atoms with E-state index in [0.717, 1.165) is 11.4 Å². The lowest BCUT2D eigenvalue weighted by Crippen LogP contribution is -2.12. The van der Waals surface area contributed by atoms with Gasteiger partial charge in [-0.3, -0.25) is 0 Å². The van der Waals surface area contributed by atoms with Crippen molar-refractivity contribution in [2.45, 2.75) is 0 Å². The van der Waals surface area contributed by atoms with Crippen molar-refractivity contribution < 1.29 is 0 Å². The van der Waals surface area contributed by atoms with Gasteiger partial charge in [-0.25, -0.2) is 0 Å². The number of nitrogens with zero attached hydrogens (tertiary/aromatic N) is 1. The van der Waals surface area contributed by atoms with Crippen molar-refractivity contribution in [3.05, 3.63) is 164 Å². The number of hydrogen-bond donors (Lipinski definition) is 0. The van der Waals surface area contributed by atoms with E-state index in [0.29, 0.717) is 0 Å². The molecule has 192 valence electrons. The minimum Gasteiger partial charge on any atom is -0.309 e. The van der Waals surface area contributed by atoms with E-state index >= 15 is 0 Å². The summed E-state index contributed by atoms with van der Waals surface area (Å²) in [5, 5.41) is 10.0. The summed E-state index contributed by atoms with van der Waals surface area (Å²) >= 11 is 0. The van der Waals surface area contributed by atoms with Crippen LogP contribution in [0.4, 0.5) is 17.1 Å². The van der Waals surface area contributed by atoms with Crippen LogP contribution in [0.15, 0.2) is 164 Å². The van der Waals surface area contributed by atoms with Crippen LogP contribution in [-0.4, -0.2) is 0 Å². The van der Waals surface area contributed by atoms with E-state index < -0.39 is 0 Å². The molecule has 8 aromatic carbocycles. The average molecular weight is 522 g/mol. The highest BCUT2D eigenvalue weighted by Gasteiger charge is 2.21. The molecule has 0 spiro atoms. The SMILES string of the molecule is c1ccc(-c2ccccc2N(c2ccc3ccccc3c2)c2cc3ccc4ccccc4c3c3ccccc23)cc1. The van der Waals surface area contributed by atoms with E-state index in [2.05, 4.69) is 169 Å². The van der Waals surface area contributed by atoms with Crippen molar-refractivity contribution in [3.8, 4) is 11.1 Å². The summed E-state index contributed by atoms with van der Waals surface area (Å²) < 4.78 is 0. The first-order valence-corrected chi connectivity index (χ1v) is 14.1. The van der Waals surface area contributed by atoms with Crippen LogP contribution in [0, 0.1) is 0 Å². The van der Waals surface area contributed by atoms with Crippen molar-refractivity contribution in [2.24, 2.45) is 0 Å². The molecule has 0 aliphatic rings. The predicted octanol–water partition coefficient (Wildman–Crippen LogP) is 11.4. The molecule has 1 heteroatoms. The summed E-state index contributed by atoms with van der Waals surface area (Å²) in [6.07, 6.45) is 0. The summed E-state index contributed by atoms with van der Waals surface area (Å²) in [7, 11) is 0. The highest BCUT2D eigenvalue weighted by Crippen LogP contribution is 2.46. The molecule has 0 bridgehead atoms.